The Morgan fingerprint density at radius 2 is 1.81 bits per heavy atom. The number of carboxylic acids is 1. The fraction of sp³-hybridized carbons (Fsp3) is 0.286. The third-order valence-corrected chi connectivity index (χ3v) is 4.97. The predicted molar refractivity (Wildman–Crippen MR) is 104 cm³/mol. The van der Waals surface area contributed by atoms with Crippen molar-refractivity contribution >= 4 is 5.97 Å². The van der Waals surface area contributed by atoms with E-state index in [1.54, 1.807) is 37.4 Å². The maximum atomic E-state index is 12.5. The normalized spacial score (nSPS) is 15.3. The molecule has 3 aromatic rings. The Hall–Kier alpha value is -3.76. The van der Waals surface area contributed by atoms with Crippen LogP contribution >= 0.6 is 0 Å². The molecule has 0 spiro atoms. The summed E-state index contributed by atoms with van der Waals surface area (Å²) in [6.07, 6.45) is -4.58. The number of ether oxygens (including phenoxy) is 3. The monoisotopic (exact) mass is 449 g/mol. The van der Waals surface area contributed by atoms with E-state index in [1.807, 2.05) is 0 Å². The molecular weight excluding hydrogens is 431 g/mol. The van der Waals surface area contributed by atoms with Crippen molar-refractivity contribution in [2.75, 3.05) is 7.11 Å². The van der Waals surface area contributed by atoms with Crippen LogP contribution in [0, 0.1) is 0 Å². The average molecular weight is 449 g/mol. The minimum absolute atomic E-state index is 0.0158. The topological polar surface area (TPSA) is 95.7 Å². The fourth-order valence-corrected chi connectivity index (χ4v) is 3.56. The largest absolute Gasteiger partial charge is 0.573 e. The molecule has 1 heterocycles. The molecule has 32 heavy (non-hydrogen) atoms. The minimum Gasteiger partial charge on any atom is -0.497 e. The quantitative estimate of drug-likeness (QED) is 0.590. The van der Waals surface area contributed by atoms with E-state index in [1.165, 1.54) is 16.8 Å². The fourth-order valence-electron chi connectivity index (χ4n) is 3.56. The number of alkyl halides is 3. The second-order valence-electron chi connectivity index (χ2n) is 7.18. The minimum atomic E-state index is -4.78. The first-order chi connectivity index (χ1) is 15.2. The van der Waals surface area contributed by atoms with Gasteiger partial charge in [0.25, 0.3) is 0 Å². The van der Waals surface area contributed by atoms with Crippen molar-refractivity contribution in [2.45, 2.75) is 31.9 Å². The van der Waals surface area contributed by atoms with E-state index in [0.29, 0.717) is 17.7 Å². The van der Waals surface area contributed by atoms with Gasteiger partial charge < -0.3 is 19.3 Å². The molecule has 8 nitrogen and oxygen atoms in total. The van der Waals surface area contributed by atoms with E-state index in [4.69, 9.17) is 9.47 Å². The zero-order valence-corrected chi connectivity index (χ0v) is 16.8. The molecule has 1 aliphatic carbocycles. The average Bonchev–Trinajstić information content (AvgIpc) is 3.31. The Morgan fingerprint density at radius 1 is 1.12 bits per heavy atom. The van der Waals surface area contributed by atoms with E-state index in [0.717, 1.165) is 11.1 Å². The van der Waals surface area contributed by atoms with E-state index in [2.05, 4.69) is 15.0 Å². The van der Waals surface area contributed by atoms with Gasteiger partial charge in [0.2, 0.25) is 11.6 Å². The summed E-state index contributed by atoms with van der Waals surface area (Å²) in [5.74, 6) is -0.947. The number of aromatic carboxylic acids is 1. The highest BCUT2D eigenvalue weighted by Crippen LogP contribution is 2.32. The molecule has 0 saturated heterocycles. The Kier molecular flexibility index (Phi) is 5.64. The standard InChI is InChI=1S/C21H18F3N3O5/c1-30-15-5-2-12(3-6-15)11-27-19(18(20(28)29)25-26-27)31-17-8-13-4-7-16(9-14(13)10-17)32-21(22,23)24/h2-7,9,17H,8,10-11H2,1H3,(H,28,29). The number of methoxy groups -OCH3 is 1. The Morgan fingerprint density at radius 3 is 2.47 bits per heavy atom. The van der Waals surface area contributed by atoms with Crippen molar-refractivity contribution in [3.8, 4) is 17.4 Å². The van der Waals surface area contributed by atoms with Gasteiger partial charge in [-0.15, -0.1) is 18.3 Å². The van der Waals surface area contributed by atoms with Crippen LogP contribution in [0.5, 0.6) is 17.4 Å². The van der Waals surface area contributed by atoms with E-state index < -0.39 is 18.4 Å². The lowest BCUT2D eigenvalue weighted by atomic mass is 10.1. The zero-order valence-electron chi connectivity index (χ0n) is 16.8. The van der Waals surface area contributed by atoms with Crippen LogP contribution in [-0.4, -0.2) is 45.6 Å². The summed E-state index contributed by atoms with van der Waals surface area (Å²) >= 11 is 0. The van der Waals surface area contributed by atoms with E-state index >= 15 is 0 Å². The molecule has 0 saturated carbocycles. The van der Waals surface area contributed by atoms with Crippen LogP contribution < -0.4 is 14.2 Å². The van der Waals surface area contributed by atoms with Gasteiger partial charge in [-0.25, -0.2) is 9.48 Å². The molecule has 1 atom stereocenters. The van der Waals surface area contributed by atoms with Crippen molar-refractivity contribution in [3.05, 3.63) is 64.8 Å². The molecule has 1 N–H and O–H groups in total. The summed E-state index contributed by atoms with van der Waals surface area (Å²) in [6, 6.07) is 11.2. The second kappa shape index (κ2) is 8.40. The Balaban J connectivity index is 1.53. The molecule has 11 heteroatoms. The van der Waals surface area contributed by atoms with Crippen molar-refractivity contribution in [1.29, 1.82) is 0 Å². The SMILES string of the molecule is COc1ccc(Cn2nnc(C(=O)O)c2OC2Cc3ccc(OC(F)(F)F)cc3C2)cc1. The number of nitrogens with zero attached hydrogens (tertiary/aromatic N) is 3. The van der Waals surface area contributed by atoms with Gasteiger partial charge >= 0.3 is 12.3 Å². The zero-order chi connectivity index (χ0) is 22.9. The lowest BCUT2D eigenvalue weighted by Crippen LogP contribution is -2.20. The van der Waals surface area contributed by atoms with Crippen molar-refractivity contribution in [3.63, 3.8) is 0 Å². The summed E-state index contributed by atoms with van der Waals surface area (Å²) in [7, 11) is 1.55. The number of rotatable bonds is 7. The van der Waals surface area contributed by atoms with Crippen molar-refractivity contribution in [2.24, 2.45) is 0 Å². The summed E-state index contributed by atoms with van der Waals surface area (Å²) < 4.78 is 53.8. The van der Waals surface area contributed by atoms with Crippen molar-refractivity contribution < 1.29 is 37.3 Å². The molecular formula is C21H18F3N3O5. The molecule has 0 amide bonds. The van der Waals surface area contributed by atoms with Crippen LogP contribution in [0.2, 0.25) is 0 Å². The smallest absolute Gasteiger partial charge is 0.497 e. The van der Waals surface area contributed by atoms with Gasteiger partial charge in [-0.1, -0.05) is 23.4 Å². The van der Waals surface area contributed by atoms with Crippen LogP contribution in [0.3, 0.4) is 0 Å². The number of carbonyl (C=O) groups is 1. The van der Waals surface area contributed by atoms with Gasteiger partial charge in [-0.2, -0.15) is 0 Å². The highest BCUT2D eigenvalue weighted by atomic mass is 19.4. The van der Waals surface area contributed by atoms with Gasteiger partial charge in [0, 0.05) is 12.8 Å². The van der Waals surface area contributed by atoms with Crippen LogP contribution in [-0.2, 0) is 19.4 Å². The highest BCUT2D eigenvalue weighted by molar-refractivity contribution is 5.87. The molecule has 0 aliphatic heterocycles. The number of fused-ring (bicyclic) bond motifs is 1. The predicted octanol–water partition coefficient (Wildman–Crippen LogP) is 3.48. The van der Waals surface area contributed by atoms with E-state index in [9.17, 15) is 23.1 Å². The molecule has 1 unspecified atom stereocenters. The van der Waals surface area contributed by atoms with Gasteiger partial charge in [0.1, 0.15) is 17.6 Å². The first kappa shape index (κ1) is 21.5. The Bertz CT molecular complexity index is 1130. The molecule has 1 aromatic heterocycles. The lowest BCUT2D eigenvalue weighted by molar-refractivity contribution is -0.274. The molecule has 0 fully saturated rings. The molecule has 1 aliphatic rings. The van der Waals surface area contributed by atoms with Gasteiger partial charge in [0.15, 0.2) is 0 Å². The molecule has 4 rings (SSSR count). The van der Waals surface area contributed by atoms with E-state index in [-0.39, 0.29) is 30.3 Å². The van der Waals surface area contributed by atoms with Gasteiger partial charge in [0.05, 0.1) is 13.7 Å². The molecule has 0 bridgehead atoms. The van der Waals surface area contributed by atoms with Crippen LogP contribution in [0.15, 0.2) is 42.5 Å². The molecule has 168 valence electrons. The molecule has 2 aromatic carbocycles. The third-order valence-electron chi connectivity index (χ3n) is 4.97. The maximum Gasteiger partial charge on any atom is 0.573 e. The summed E-state index contributed by atoms with van der Waals surface area (Å²) in [5, 5.41) is 17.1. The lowest BCUT2D eigenvalue weighted by Gasteiger charge is -2.14. The third kappa shape index (κ3) is 4.76. The second-order valence-corrected chi connectivity index (χ2v) is 7.18. The number of hydrogen-bond donors (Lipinski definition) is 1. The number of hydrogen-bond acceptors (Lipinski definition) is 6. The summed E-state index contributed by atoms with van der Waals surface area (Å²) in [4.78, 5) is 11.6. The van der Waals surface area contributed by atoms with Crippen molar-refractivity contribution in [1.82, 2.24) is 15.0 Å². The number of carboxylic acid groups (broad SMARTS) is 1. The summed E-state index contributed by atoms with van der Waals surface area (Å²) in [6.45, 7) is 0.211. The Labute approximate surface area is 180 Å². The number of benzene rings is 2. The van der Waals surface area contributed by atoms with Crippen LogP contribution in [0.1, 0.15) is 27.2 Å². The summed E-state index contributed by atoms with van der Waals surface area (Å²) in [5.41, 5.74) is 1.93. The van der Waals surface area contributed by atoms with Crippen LogP contribution in [0.4, 0.5) is 13.2 Å². The van der Waals surface area contributed by atoms with Gasteiger partial charge in [-0.3, -0.25) is 0 Å². The first-order valence-corrected chi connectivity index (χ1v) is 9.56. The highest BCUT2D eigenvalue weighted by Gasteiger charge is 2.33. The molecule has 0 radical (unpaired) electrons. The number of aromatic nitrogens is 3. The van der Waals surface area contributed by atoms with Crippen LogP contribution in [0.25, 0.3) is 0 Å². The number of halogens is 3. The maximum absolute atomic E-state index is 12.5. The first-order valence-electron chi connectivity index (χ1n) is 9.56. The van der Waals surface area contributed by atoms with Gasteiger partial charge in [-0.05, 0) is 41.0 Å².